The monoisotopic (exact) mass is 371 g/mol. The number of nitrogens with one attached hydrogen (secondary N) is 2. The zero-order valence-electron chi connectivity index (χ0n) is 14.1. The van der Waals surface area contributed by atoms with Gasteiger partial charge in [-0.15, -0.1) is 0 Å². The maximum Gasteiger partial charge on any atom is 0.241 e. The number of carbonyl (C=O) groups is 1. The van der Waals surface area contributed by atoms with E-state index in [1.54, 1.807) is 19.3 Å². The molecule has 0 fully saturated rings. The average molecular weight is 372 g/mol. The molecule has 3 rings (SSSR count). The number of nitrogens with two attached hydrogens (primary N) is 1. The topological polar surface area (TPSA) is 111 Å². The predicted molar refractivity (Wildman–Crippen MR) is 100 cm³/mol. The Hall–Kier alpha value is -3.13. The second kappa shape index (κ2) is 7.83. The zero-order valence-corrected chi connectivity index (χ0v) is 14.8. The standard InChI is InChI=1S/C17H18ClN7O/c1-11(15(19)26)25-10-13(8-22-25)23-17-21-9-14(18)16(24-17)20-7-12-5-3-2-4-6-12/h2-6,8-11H,7H2,1H3,(H2,19,26)(H2,20,21,23,24)/t11-/m0/s1. The minimum Gasteiger partial charge on any atom is -0.368 e. The van der Waals surface area contributed by atoms with Crippen molar-refractivity contribution in [1.29, 1.82) is 0 Å². The molecule has 26 heavy (non-hydrogen) atoms. The second-order valence-electron chi connectivity index (χ2n) is 5.64. The van der Waals surface area contributed by atoms with E-state index in [0.717, 1.165) is 5.56 Å². The fourth-order valence-corrected chi connectivity index (χ4v) is 2.36. The Balaban J connectivity index is 1.70. The van der Waals surface area contributed by atoms with Crippen LogP contribution in [0.25, 0.3) is 0 Å². The molecule has 3 aromatic rings. The molecule has 1 aromatic carbocycles. The smallest absolute Gasteiger partial charge is 0.241 e. The summed E-state index contributed by atoms with van der Waals surface area (Å²) in [4.78, 5) is 19.8. The first-order chi connectivity index (χ1) is 12.5. The van der Waals surface area contributed by atoms with Crippen LogP contribution in [0.4, 0.5) is 17.5 Å². The van der Waals surface area contributed by atoms with E-state index >= 15 is 0 Å². The van der Waals surface area contributed by atoms with Crippen molar-refractivity contribution in [3.05, 3.63) is 59.5 Å². The quantitative estimate of drug-likeness (QED) is 0.589. The summed E-state index contributed by atoms with van der Waals surface area (Å²) in [5, 5.41) is 10.7. The summed E-state index contributed by atoms with van der Waals surface area (Å²) >= 11 is 6.16. The molecule has 4 N–H and O–H groups in total. The molecule has 8 nitrogen and oxygen atoms in total. The summed E-state index contributed by atoms with van der Waals surface area (Å²) in [6.07, 6.45) is 4.74. The number of benzene rings is 1. The molecule has 1 atom stereocenters. The van der Waals surface area contributed by atoms with Gasteiger partial charge in [0.1, 0.15) is 11.1 Å². The van der Waals surface area contributed by atoms with Crippen molar-refractivity contribution in [1.82, 2.24) is 19.7 Å². The minimum atomic E-state index is -0.542. The molecule has 0 aliphatic rings. The number of hydrogen-bond donors (Lipinski definition) is 3. The Morgan fingerprint density at radius 2 is 2.08 bits per heavy atom. The molecule has 134 valence electrons. The van der Waals surface area contributed by atoms with Gasteiger partial charge in [-0.05, 0) is 12.5 Å². The van der Waals surface area contributed by atoms with Crippen LogP contribution >= 0.6 is 11.6 Å². The minimum absolute atomic E-state index is 0.358. The molecule has 0 aliphatic carbocycles. The first-order valence-corrected chi connectivity index (χ1v) is 8.31. The molecule has 0 aliphatic heterocycles. The molecule has 0 saturated heterocycles. The summed E-state index contributed by atoms with van der Waals surface area (Å²) in [5.74, 6) is 0.414. The van der Waals surface area contributed by atoms with Gasteiger partial charge in [0, 0.05) is 12.7 Å². The second-order valence-corrected chi connectivity index (χ2v) is 6.05. The number of nitrogens with zero attached hydrogens (tertiary/aromatic N) is 4. The summed E-state index contributed by atoms with van der Waals surface area (Å²) in [5.41, 5.74) is 7.02. The van der Waals surface area contributed by atoms with Crippen LogP contribution in [0.1, 0.15) is 18.5 Å². The van der Waals surface area contributed by atoms with Crippen molar-refractivity contribution in [2.24, 2.45) is 5.73 Å². The largest absolute Gasteiger partial charge is 0.368 e. The summed E-state index contributed by atoms with van der Waals surface area (Å²) in [6, 6.07) is 9.37. The van der Waals surface area contributed by atoms with Crippen LogP contribution in [0.2, 0.25) is 5.02 Å². The van der Waals surface area contributed by atoms with Gasteiger partial charge in [-0.25, -0.2) is 4.98 Å². The molecule has 0 spiro atoms. The fourth-order valence-electron chi connectivity index (χ4n) is 2.21. The van der Waals surface area contributed by atoms with E-state index in [0.29, 0.717) is 29.0 Å². The van der Waals surface area contributed by atoms with E-state index < -0.39 is 11.9 Å². The maximum absolute atomic E-state index is 11.2. The maximum atomic E-state index is 11.2. The first-order valence-electron chi connectivity index (χ1n) is 7.94. The van der Waals surface area contributed by atoms with Crippen molar-refractivity contribution in [2.75, 3.05) is 10.6 Å². The van der Waals surface area contributed by atoms with Gasteiger partial charge in [-0.3, -0.25) is 9.48 Å². The van der Waals surface area contributed by atoms with E-state index in [1.165, 1.54) is 10.9 Å². The van der Waals surface area contributed by atoms with Gasteiger partial charge in [0.25, 0.3) is 0 Å². The summed E-state index contributed by atoms with van der Waals surface area (Å²) < 4.78 is 1.47. The number of halogens is 1. The number of hydrogen-bond acceptors (Lipinski definition) is 6. The van der Waals surface area contributed by atoms with Gasteiger partial charge < -0.3 is 16.4 Å². The third kappa shape index (κ3) is 4.28. The van der Waals surface area contributed by atoms with Gasteiger partial charge >= 0.3 is 0 Å². The SMILES string of the molecule is C[C@@H](C(N)=O)n1cc(Nc2ncc(Cl)c(NCc3ccccc3)n2)cn1. The highest BCUT2D eigenvalue weighted by molar-refractivity contribution is 6.32. The molecule has 0 unspecified atom stereocenters. The molecule has 1 amide bonds. The van der Waals surface area contributed by atoms with Crippen molar-refractivity contribution in [3.63, 3.8) is 0 Å². The van der Waals surface area contributed by atoms with Crippen molar-refractivity contribution in [2.45, 2.75) is 19.5 Å². The first kappa shape index (κ1) is 17.7. The highest BCUT2D eigenvalue weighted by atomic mass is 35.5. The van der Waals surface area contributed by atoms with Crippen LogP contribution < -0.4 is 16.4 Å². The van der Waals surface area contributed by atoms with Gasteiger partial charge in [-0.1, -0.05) is 41.9 Å². The molecule has 9 heteroatoms. The Kier molecular flexibility index (Phi) is 5.33. The van der Waals surface area contributed by atoms with Crippen molar-refractivity contribution >= 4 is 35.0 Å². The third-order valence-corrected chi connectivity index (χ3v) is 3.99. The van der Waals surface area contributed by atoms with E-state index in [9.17, 15) is 4.79 Å². The lowest BCUT2D eigenvalue weighted by Crippen LogP contribution is -2.24. The molecule has 0 radical (unpaired) electrons. The average Bonchev–Trinajstić information content (AvgIpc) is 3.10. The Morgan fingerprint density at radius 1 is 1.31 bits per heavy atom. The third-order valence-electron chi connectivity index (χ3n) is 3.71. The fraction of sp³-hybridized carbons (Fsp3) is 0.176. The number of aromatic nitrogens is 4. The summed E-state index contributed by atoms with van der Waals surface area (Å²) in [7, 11) is 0. The van der Waals surface area contributed by atoms with E-state index in [4.69, 9.17) is 17.3 Å². The van der Waals surface area contributed by atoms with Crippen LogP contribution in [-0.2, 0) is 11.3 Å². The summed E-state index contributed by atoms with van der Waals surface area (Å²) in [6.45, 7) is 2.26. The number of rotatable bonds is 7. The Bertz CT molecular complexity index is 897. The Morgan fingerprint density at radius 3 is 2.81 bits per heavy atom. The molecule has 2 aromatic heterocycles. The lowest BCUT2D eigenvalue weighted by molar-refractivity contribution is -0.120. The van der Waals surface area contributed by atoms with E-state index in [-0.39, 0.29) is 0 Å². The van der Waals surface area contributed by atoms with Gasteiger partial charge in [0.05, 0.1) is 18.1 Å². The van der Waals surface area contributed by atoms with Crippen LogP contribution in [0.15, 0.2) is 48.9 Å². The van der Waals surface area contributed by atoms with Crippen LogP contribution in [0, 0.1) is 0 Å². The lowest BCUT2D eigenvalue weighted by Gasteiger charge is -2.09. The van der Waals surface area contributed by atoms with Crippen molar-refractivity contribution < 1.29 is 4.79 Å². The highest BCUT2D eigenvalue weighted by Crippen LogP contribution is 2.22. The molecule has 0 bridgehead atoms. The molecule has 2 heterocycles. The number of primary amides is 1. The molecule has 0 saturated carbocycles. The van der Waals surface area contributed by atoms with Crippen molar-refractivity contribution in [3.8, 4) is 0 Å². The predicted octanol–water partition coefficient (Wildman–Crippen LogP) is 2.73. The normalized spacial score (nSPS) is 11.8. The van der Waals surface area contributed by atoms with Crippen LogP contribution in [0.5, 0.6) is 0 Å². The lowest BCUT2D eigenvalue weighted by atomic mass is 10.2. The number of anilines is 3. The van der Waals surface area contributed by atoms with Gasteiger partial charge in [0.2, 0.25) is 11.9 Å². The van der Waals surface area contributed by atoms with Crippen LogP contribution in [-0.4, -0.2) is 25.7 Å². The zero-order chi connectivity index (χ0) is 18.5. The van der Waals surface area contributed by atoms with E-state index in [1.807, 2.05) is 30.3 Å². The number of amides is 1. The number of carbonyl (C=O) groups excluding carboxylic acids is 1. The molecular formula is C17H18ClN7O. The van der Waals surface area contributed by atoms with Gasteiger partial charge in [-0.2, -0.15) is 10.1 Å². The molecular weight excluding hydrogens is 354 g/mol. The van der Waals surface area contributed by atoms with Crippen LogP contribution in [0.3, 0.4) is 0 Å². The van der Waals surface area contributed by atoms with E-state index in [2.05, 4.69) is 25.7 Å². The Labute approximate surface area is 155 Å². The highest BCUT2D eigenvalue weighted by Gasteiger charge is 2.13. The van der Waals surface area contributed by atoms with Gasteiger partial charge in [0.15, 0.2) is 5.82 Å².